The number of terminal acetylenes is 1. The maximum atomic E-state index is 13.1. The standard InChI is InChI=1S/C22H16FN3O2/c1-2-11-25-14-16(18-5-3-4-6-20(18)25)12-19-21(27)26(22(28)24-19)13-15-7-9-17(23)10-8-15/h1,3-10,12,14H,11,13H2,(H,24,28). The van der Waals surface area contributed by atoms with Gasteiger partial charge in [0, 0.05) is 22.7 Å². The van der Waals surface area contributed by atoms with Gasteiger partial charge in [0.1, 0.15) is 11.5 Å². The molecule has 1 aromatic heterocycles. The van der Waals surface area contributed by atoms with E-state index in [4.69, 9.17) is 6.42 Å². The second kappa shape index (κ2) is 7.05. The molecule has 3 aromatic rings. The summed E-state index contributed by atoms with van der Waals surface area (Å²) in [4.78, 5) is 26.1. The lowest BCUT2D eigenvalue weighted by Gasteiger charge is -2.11. The number of hydrogen-bond acceptors (Lipinski definition) is 2. The van der Waals surface area contributed by atoms with Crippen molar-refractivity contribution in [1.29, 1.82) is 0 Å². The van der Waals surface area contributed by atoms with Crippen LogP contribution in [0, 0.1) is 18.2 Å². The van der Waals surface area contributed by atoms with E-state index in [0.29, 0.717) is 12.1 Å². The summed E-state index contributed by atoms with van der Waals surface area (Å²) in [7, 11) is 0. The van der Waals surface area contributed by atoms with Gasteiger partial charge in [-0.05, 0) is 29.8 Å². The minimum Gasteiger partial charge on any atom is -0.335 e. The summed E-state index contributed by atoms with van der Waals surface area (Å²) < 4.78 is 15.0. The molecule has 0 radical (unpaired) electrons. The summed E-state index contributed by atoms with van der Waals surface area (Å²) in [5.74, 6) is 1.81. The van der Waals surface area contributed by atoms with Crippen molar-refractivity contribution in [3.63, 3.8) is 0 Å². The maximum Gasteiger partial charge on any atom is 0.329 e. The summed E-state index contributed by atoms with van der Waals surface area (Å²) >= 11 is 0. The summed E-state index contributed by atoms with van der Waals surface area (Å²) in [6.45, 7) is 0.474. The highest BCUT2D eigenvalue weighted by Gasteiger charge is 2.33. The van der Waals surface area contributed by atoms with Gasteiger partial charge in [-0.1, -0.05) is 36.3 Å². The Morgan fingerprint density at radius 1 is 1.11 bits per heavy atom. The van der Waals surface area contributed by atoms with Crippen molar-refractivity contribution in [3.05, 3.63) is 77.4 Å². The third-order valence-corrected chi connectivity index (χ3v) is 4.60. The van der Waals surface area contributed by atoms with Crippen LogP contribution in [-0.2, 0) is 17.9 Å². The van der Waals surface area contributed by atoms with Gasteiger partial charge in [-0.25, -0.2) is 9.18 Å². The second-order valence-electron chi connectivity index (χ2n) is 6.44. The van der Waals surface area contributed by atoms with Crippen LogP contribution in [-0.4, -0.2) is 21.4 Å². The van der Waals surface area contributed by atoms with Gasteiger partial charge >= 0.3 is 6.03 Å². The summed E-state index contributed by atoms with van der Waals surface area (Å²) in [5.41, 5.74) is 2.60. The largest absolute Gasteiger partial charge is 0.335 e. The number of rotatable bonds is 4. The lowest BCUT2D eigenvalue weighted by atomic mass is 10.1. The molecule has 6 heteroatoms. The second-order valence-corrected chi connectivity index (χ2v) is 6.44. The molecule has 4 rings (SSSR count). The smallest absolute Gasteiger partial charge is 0.329 e. The van der Waals surface area contributed by atoms with E-state index >= 15 is 0 Å². The van der Waals surface area contributed by atoms with E-state index < -0.39 is 11.9 Å². The molecule has 0 bridgehead atoms. The van der Waals surface area contributed by atoms with Crippen LogP contribution < -0.4 is 5.32 Å². The van der Waals surface area contributed by atoms with Crippen LogP contribution in [0.4, 0.5) is 9.18 Å². The number of benzene rings is 2. The highest BCUT2D eigenvalue weighted by Crippen LogP contribution is 2.25. The Morgan fingerprint density at radius 2 is 1.86 bits per heavy atom. The zero-order valence-electron chi connectivity index (χ0n) is 14.9. The maximum absolute atomic E-state index is 13.1. The molecule has 0 saturated carbocycles. The average Bonchev–Trinajstić information content (AvgIpc) is 3.17. The Morgan fingerprint density at radius 3 is 2.61 bits per heavy atom. The molecule has 1 N–H and O–H groups in total. The normalized spacial score (nSPS) is 15.3. The number of nitrogens with zero attached hydrogens (tertiary/aromatic N) is 2. The Kier molecular flexibility index (Phi) is 4.42. The number of aromatic nitrogens is 1. The zero-order chi connectivity index (χ0) is 19.7. The van der Waals surface area contributed by atoms with Crippen molar-refractivity contribution in [1.82, 2.24) is 14.8 Å². The van der Waals surface area contributed by atoms with Crippen molar-refractivity contribution in [2.75, 3.05) is 0 Å². The van der Waals surface area contributed by atoms with E-state index in [1.54, 1.807) is 18.2 Å². The van der Waals surface area contributed by atoms with E-state index in [-0.39, 0.29) is 18.1 Å². The van der Waals surface area contributed by atoms with Crippen LogP contribution in [0.3, 0.4) is 0 Å². The van der Waals surface area contributed by atoms with E-state index in [1.165, 1.54) is 12.1 Å². The number of urea groups is 1. The van der Waals surface area contributed by atoms with E-state index in [1.807, 2.05) is 35.0 Å². The van der Waals surface area contributed by atoms with Crippen molar-refractivity contribution in [2.45, 2.75) is 13.1 Å². The number of para-hydroxylation sites is 1. The monoisotopic (exact) mass is 373 g/mol. The van der Waals surface area contributed by atoms with Crippen LogP contribution in [0.1, 0.15) is 11.1 Å². The fourth-order valence-electron chi connectivity index (χ4n) is 3.26. The Balaban J connectivity index is 1.65. The van der Waals surface area contributed by atoms with Crippen LogP contribution in [0.5, 0.6) is 0 Å². The average molecular weight is 373 g/mol. The molecule has 0 unspecified atom stereocenters. The molecule has 1 saturated heterocycles. The molecule has 3 amide bonds. The van der Waals surface area contributed by atoms with E-state index in [0.717, 1.165) is 21.4 Å². The highest BCUT2D eigenvalue weighted by atomic mass is 19.1. The first kappa shape index (κ1) is 17.6. The molecule has 1 aliphatic heterocycles. The van der Waals surface area contributed by atoms with Crippen molar-refractivity contribution in [3.8, 4) is 12.3 Å². The Labute approximate surface area is 161 Å². The number of hydrogen-bond donors (Lipinski definition) is 1. The molecular formula is C22H16FN3O2. The fourth-order valence-corrected chi connectivity index (χ4v) is 3.26. The van der Waals surface area contributed by atoms with E-state index in [9.17, 15) is 14.0 Å². The number of carbonyl (C=O) groups excluding carboxylic acids is 2. The van der Waals surface area contributed by atoms with Gasteiger partial charge in [-0.2, -0.15) is 0 Å². The summed E-state index contributed by atoms with van der Waals surface area (Å²) in [6, 6.07) is 12.9. The topological polar surface area (TPSA) is 54.3 Å². The third kappa shape index (κ3) is 3.14. The number of nitrogens with one attached hydrogen (secondary N) is 1. The first-order chi connectivity index (χ1) is 13.6. The lowest BCUT2D eigenvalue weighted by molar-refractivity contribution is -0.123. The van der Waals surface area contributed by atoms with Crippen LogP contribution in [0.25, 0.3) is 17.0 Å². The first-order valence-electron chi connectivity index (χ1n) is 8.67. The Bertz CT molecular complexity index is 1150. The van der Waals surface area contributed by atoms with Gasteiger partial charge in [-0.15, -0.1) is 6.42 Å². The van der Waals surface area contributed by atoms with Gasteiger partial charge in [0.2, 0.25) is 0 Å². The van der Waals surface area contributed by atoms with Gasteiger partial charge < -0.3 is 9.88 Å². The SMILES string of the molecule is C#CCn1cc(C=C2NC(=O)N(Cc3ccc(F)cc3)C2=O)c2ccccc21. The fraction of sp³-hybridized carbons (Fsp3) is 0.0909. The van der Waals surface area contributed by atoms with Crippen LogP contribution in [0.2, 0.25) is 0 Å². The van der Waals surface area contributed by atoms with Gasteiger partial charge in [0.05, 0.1) is 13.1 Å². The molecule has 0 aliphatic carbocycles. The molecule has 28 heavy (non-hydrogen) atoms. The first-order valence-corrected chi connectivity index (χ1v) is 8.67. The van der Waals surface area contributed by atoms with Crippen LogP contribution >= 0.6 is 0 Å². The van der Waals surface area contributed by atoms with Crippen molar-refractivity contribution in [2.24, 2.45) is 0 Å². The quantitative estimate of drug-likeness (QED) is 0.432. The highest BCUT2D eigenvalue weighted by molar-refractivity contribution is 6.14. The number of halogens is 1. The molecule has 138 valence electrons. The minimum absolute atomic E-state index is 0.0706. The molecule has 0 atom stereocenters. The minimum atomic E-state index is -0.507. The molecular weight excluding hydrogens is 357 g/mol. The molecule has 2 aromatic carbocycles. The molecule has 5 nitrogen and oxygen atoms in total. The summed E-state index contributed by atoms with van der Waals surface area (Å²) in [6.07, 6.45) is 8.95. The molecule has 1 aliphatic rings. The van der Waals surface area contributed by atoms with Gasteiger partial charge in [0.15, 0.2) is 0 Å². The van der Waals surface area contributed by atoms with Crippen molar-refractivity contribution < 1.29 is 14.0 Å². The van der Waals surface area contributed by atoms with Gasteiger partial charge in [-0.3, -0.25) is 9.69 Å². The molecule has 1 fully saturated rings. The van der Waals surface area contributed by atoms with Gasteiger partial charge in [0.25, 0.3) is 5.91 Å². The number of fused-ring (bicyclic) bond motifs is 1. The van der Waals surface area contributed by atoms with Crippen LogP contribution in [0.15, 0.2) is 60.4 Å². The third-order valence-electron chi connectivity index (χ3n) is 4.60. The van der Waals surface area contributed by atoms with Crippen molar-refractivity contribution >= 4 is 28.9 Å². The zero-order valence-corrected chi connectivity index (χ0v) is 14.9. The lowest BCUT2D eigenvalue weighted by Crippen LogP contribution is -2.30. The molecule has 0 spiro atoms. The summed E-state index contributed by atoms with van der Waals surface area (Å²) in [5, 5.41) is 3.55. The number of amides is 3. The van der Waals surface area contributed by atoms with E-state index in [2.05, 4.69) is 11.2 Å². The predicted octanol–water partition coefficient (Wildman–Crippen LogP) is 3.51. The predicted molar refractivity (Wildman–Crippen MR) is 104 cm³/mol. The Hall–Kier alpha value is -3.85. The number of imide groups is 1. The number of carbonyl (C=O) groups is 2. The molecule has 2 heterocycles.